The molecular formula is C25H24F3N5O2. The van der Waals surface area contributed by atoms with Gasteiger partial charge in [-0.15, -0.1) is 0 Å². The van der Waals surface area contributed by atoms with Gasteiger partial charge in [0.1, 0.15) is 5.69 Å². The molecule has 10 heteroatoms. The standard InChI is InChI=1S/C25H24F3N5O2/c1-15-3-4-20(32-24(35)33-8-6-19(14-33)25(26,27)28)11-21(15)18-9-17(12-30-13-18)16-5-7-31-22(10-16)23(34)29-2/h3-5,7,9-13,19H,6,8,14H2,1-2H3,(H,29,34)(H,32,35)/t19-/m0/s1. The van der Waals surface area contributed by atoms with E-state index < -0.39 is 18.1 Å². The first-order valence-electron chi connectivity index (χ1n) is 11.0. The molecular weight excluding hydrogens is 459 g/mol. The minimum Gasteiger partial charge on any atom is -0.354 e. The van der Waals surface area contributed by atoms with Crippen LogP contribution in [-0.2, 0) is 0 Å². The average molecular weight is 483 g/mol. The lowest BCUT2D eigenvalue weighted by Crippen LogP contribution is -2.35. The SMILES string of the molecule is CNC(=O)c1cc(-c2cncc(-c3cc(NC(=O)N4CC[C@H](C(F)(F)F)C4)ccc3C)c2)ccn1. The molecule has 1 saturated heterocycles. The molecule has 2 N–H and O–H groups in total. The summed E-state index contributed by atoms with van der Waals surface area (Å²) in [6, 6.07) is 10.1. The number of carbonyl (C=O) groups excluding carboxylic acids is 2. The van der Waals surface area contributed by atoms with Crippen LogP contribution in [0.2, 0.25) is 0 Å². The van der Waals surface area contributed by atoms with Crippen LogP contribution < -0.4 is 10.6 Å². The van der Waals surface area contributed by atoms with E-state index in [9.17, 15) is 22.8 Å². The summed E-state index contributed by atoms with van der Waals surface area (Å²) in [6.07, 6.45) is 0.519. The highest BCUT2D eigenvalue weighted by Crippen LogP contribution is 2.34. The van der Waals surface area contributed by atoms with Crippen molar-refractivity contribution in [1.29, 1.82) is 0 Å². The number of carbonyl (C=O) groups is 2. The number of likely N-dealkylation sites (tertiary alicyclic amines) is 1. The molecule has 35 heavy (non-hydrogen) atoms. The fourth-order valence-corrected chi connectivity index (χ4v) is 4.03. The molecule has 1 aliphatic heterocycles. The third-order valence-corrected chi connectivity index (χ3v) is 6.03. The Bertz CT molecular complexity index is 1260. The number of anilines is 1. The van der Waals surface area contributed by atoms with Crippen LogP contribution in [0.25, 0.3) is 22.3 Å². The number of nitrogens with zero attached hydrogens (tertiary/aromatic N) is 3. The molecule has 3 heterocycles. The van der Waals surface area contributed by atoms with Gasteiger partial charge >= 0.3 is 12.2 Å². The largest absolute Gasteiger partial charge is 0.393 e. The van der Waals surface area contributed by atoms with E-state index in [1.807, 2.05) is 19.1 Å². The minimum absolute atomic E-state index is 0.0602. The Balaban J connectivity index is 1.56. The number of benzene rings is 1. The van der Waals surface area contributed by atoms with Crippen LogP contribution in [0.15, 0.2) is 55.0 Å². The molecule has 182 valence electrons. The Hall–Kier alpha value is -3.95. The second-order valence-corrected chi connectivity index (χ2v) is 8.40. The minimum atomic E-state index is -4.31. The van der Waals surface area contributed by atoms with Crippen LogP contribution in [0.4, 0.5) is 23.7 Å². The number of amides is 3. The fraction of sp³-hybridized carbons (Fsp3) is 0.280. The third-order valence-electron chi connectivity index (χ3n) is 6.03. The van der Waals surface area contributed by atoms with E-state index >= 15 is 0 Å². The summed E-state index contributed by atoms with van der Waals surface area (Å²) in [6.45, 7) is 1.63. The number of alkyl halides is 3. The summed E-state index contributed by atoms with van der Waals surface area (Å²) in [5, 5.41) is 5.26. The predicted octanol–water partition coefficient (Wildman–Crippen LogP) is 4.89. The summed E-state index contributed by atoms with van der Waals surface area (Å²) in [5.74, 6) is -1.79. The second-order valence-electron chi connectivity index (χ2n) is 8.40. The number of hydrogen-bond acceptors (Lipinski definition) is 4. The summed E-state index contributed by atoms with van der Waals surface area (Å²) in [5.41, 5.74) is 4.83. The zero-order chi connectivity index (χ0) is 25.2. The van der Waals surface area contributed by atoms with Crippen LogP contribution in [0.3, 0.4) is 0 Å². The zero-order valence-electron chi connectivity index (χ0n) is 19.2. The number of urea groups is 1. The van der Waals surface area contributed by atoms with Crippen LogP contribution in [0.5, 0.6) is 0 Å². The molecule has 0 bridgehead atoms. The molecule has 7 nitrogen and oxygen atoms in total. The first-order valence-corrected chi connectivity index (χ1v) is 11.0. The molecule has 1 aliphatic rings. The Morgan fingerprint density at radius 3 is 2.54 bits per heavy atom. The molecule has 3 aromatic rings. The molecule has 0 spiro atoms. The number of aryl methyl sites for hydroxylation is 1. The highest BCUT2D eigenvalue weighted by molar-refractivity contribution is 5.93. The van der Waals surface area contributed by atoms with Crippen molar-refractivity contribution < 1.29 is 22.8 Å². The molecule has 1 aromatic carbocycles. The van der Waals surface area contributed by atoms with E-state index in [4.69, 9.17) is 0 Å². The molecule has 0 saturated carbocycles. The van der Waals surface area contributed by atoms with Gasteiger partial charge < -0.3 is 15.5 Å². The summed E-state index contributed by atoms with van der Waals surface area (Å²) >= 11 is 0. The first-order chi connectivity index (χ1) is 16.7. The van der Waals surface area contributed by atoms with Crippen molar-refractivity contribution in [3.63, 3.8) is 0 Å². The van der Waals surface area contributed by atoms with E-state index in [-0.39, 0.29) is 31.1 Å². The highest BCUT2D eigenvalue weighted by Gasteiger charge is 2.44. The number of hydrogen-bond donors (Lipinski definition) is 2. The number of halogens is 3. The lowest BCUT2D eigenvalue weighted by molar-refractivity contribution is -0.169. The summed E-state index contributed by atoms with van der Waals surface area (Å²) < 4.78 is 38.9. The maximum atomic E-state index is 13.0. The van der Waals surface area contributed by atoms with Gasteiger partial charge in [-0.1, -0.05) is 6.07 Å². The van der Waals surface area contributed by atoms with Gasteiger partial charge in [-0.3, -0.25) is 14.8 Å². The third kappa shape index (κ3) is 5.42. The van der Waals surface area contributed by atoms with Crippen LogP contribution in [-0.4, -0.2) is 53.1 Å². The van der Waals surface area contributed by atoms with Gasteiger partial charge in [0.2, 0.25) is 0 Å². The van der Waals surface area contributed by atoms with Crippen molar-refractivity contribution in [3.8, 4) is 22.3 Å². The molecule has 0 aliphatic carbocycles. The Morgan fingerprint density at radius 2 is 1.83 bits per heavy atom. The quantitative estimate of drug-likeness (QED) is 0.553. The van der Waals surface area contributed by atoms with Crippen LogP contribution in [0.1, 0.15) is 22.5 Å². The van der Waals surface area contributed by atoms with Crippen LogP contribution >= 0.6 is 0 Å². The number of nitrogens with one attached hydrogen (secondary N) is 2. The average Bonchev–Trinajstić information content (AvgIpc) is 3.36. The van der Waals surface area contributed by atoms with E-state index in [0.29, 0.717) is 5.69 Å². The number of pyridine rings is 2. The van der Waals surface area contributed by atoms with Crippen molar-refractivity contribution in [2.45, 2.75) is 19.5 Å². The van der Waals surface area contributed by atoms with Crippen molar-refractivity contribution in [1.82, 2.24) is 20.2 Å². The topological polar surface area (TPSA) is 87.2 Å². The van der Waals surface area contributed by atoms with Crippen molar-refractivity contribution in [2.24, 2.45) is 5.92 Å². The summed E-state index contributed by atoms with van der Waals surface area (Å²) in [4.78, 5) is 34.1. The normalized spacial score (nSPS) is 15.7. The molecule has 4 rings (SSSR count). The lowest BCUT2D eigenvalue weighted by Gasteiger charge is -2.19. The van der Waals surface area contributed by atoms with Crippen LogP contribution in [0, 0.1) is 12.8 Å². The van der Waals surface area contributed by atoms with Crippen molar-refractivity contribution >= 4 is 17.6 Å². The fourth-order valence-electron chi connectivity index (χ4n) is 4.03. The van der Waals surface area contributed by atoms with Crippen molar-refractivity contribution in [3.05, 3.63) is 66.2 Å². The highest BCUT2D eigenvalue weighted by atomic mass is 19.4. The predicted molar refractivity (Wildman–Crippen MR) is 126 cm³/mol. The molecule has 0 unspecified atom stereocenters. The van der Waals surface area contributed by atoms with Gasteiger partial charge in [-0.2, -0.15) is 13.2 Å². The number of rotatable bonds is 4. The molecule has 3 amide bonds. The first kappa shape index (κ1) is 24.2. The molecule has 1 atom stereocenters. The molecule has 1 fully saturated rings. The van der Waals surface area contributed by atoms with Crippen molar-refractivity contribution in [2.75, 3.05) is 25.5 Å². The molecule has 0 radical (unpaired) electrons. The van der Waals surface area contributed by atoms with Gasteiger partial charge in [0, 0.05) is 55.5 Å². The van der Waals surface area contributed by atoms with Gasteiger partial charge in [0.05, 0.1) is 5.92 Å². The van der Waals surface area contributed by atoms with E-state index in [0.717, 1.165) is 27.8 Å². The van der Waals surface area contributed by atoms with Gasteiger partial charge in [0.15, 0.2) is 0 Å². The maximum Gasteiger partial charge on any atom is 0.393 e. The summed E-state index contributed by atoms with van der Waals surface area (Å²) in [7, 11) is 1.53. The Kier molecular flexibility index (Phi) is 6.72. The maximum absolute atomic E-state index is 13.0. The van der Waals surface area contributed by atoms with E-state index in [1.54, 1.807) is 42.9 Å². The van der Waals surface area contributed by atoms with E-state index in [2.05, 4.69) is 20.6 Å². The smallest absolute Gasteiger partial charge is 0.354 e. The zero-order valence-corrected chi connectivity index (χ0v) is 19.2. The number of aromatic nitrogens is 2. The second kappa shape index (κ2) is 9.73. The van der Waals surface area contributed by atoms with E-state index in [1.165, 1.54) is 11.9 Å². The van der Waals surface area contributed by atoms with Gasteiger partial charge in [-0.25, -0.2) is 4.79 Å². The Morgan fingerprint density at radius 1 is 1.06 bits per heavy atom. The monoisotopic (exact) mass is 483 g/mol. The van der Waals surface area contributed by atoms with Gasteiger partial charge in [-0.05, 0) is 60.4 Å². The van der Waals surface area contributed by atoms with Gasteiger partial charge in [0.25, 0.3) is 5.91 Å². The Labute approximate surface area is 200 Å². The lowest BCUT2D eigenvalue weighted by atomic mass is 9.98. The molecule has 2 aromatic heterocycles.